The highest BCUT2D eigenvalue weighted by Crippen LogP contribution is 2.21. The zero-order valence-corrected chi connectivity index (χ0v) is 12.8. The van der Waals surface area contributed by atoms with Gasteiger partial charge in [0, 0.05) is 6.54 Å². The summed E-state index contributed by atoms with van der Waals surface area (Å²) < 4.78 is 49.8. The van der Waals surface area contributed by atoms with Crippen molar-refractivity contribution in [2.45, 2.75) is 29.9 Å². The van der Waals surface area contributed by atoms with Crippen molar-refractivity contribution in [3.63, 3.8) is 0 Å². The normalized spacial score (nSPS) is 21.5. The number of hydrogen-bond donors (Lipinski definition) is 3. The third-order valence-corrected chi connectivity index (χ3v) is 7.19. The Hall–Kier alpha value is -1.46. The Balaban J connectivity index is 2.24. The number of hydrogen-bond acceptors (Lipinski definition) is 6. The Labute approximate surface area is 121 Å². The predicted octanol–water partition coefficient (Wildman–Crippen LogP) is -0.728. The number of H-pyrrole nitrogens is 1. The van der Waals surface area contributed by atoms with E-state index < -0.39 is 41.7 Å². The van der Waals surface area contributed by atoms with Gasteiger partial charge < -0.3 is 5.11 Å². The van der Waals surface area contributed by atoms with E-state index in [1.165, 1.54) is 6.92 Å². The van der Waals surface area contributed by atoms with Crippen LogP contribution in [0.15, 0.2) is 4.90 Å². The molecule has 1 aromatic heterocycles. The van der Waals surface area contributed by atoms with Crippen LogP contribution in [0.5, 0.6) is 0 Å². The highest BCUT2D eigenvalue weighted by Gasteiger charge is 2.34. The number of aromatic carboxylic acids is 1. The molecule has 0 bridgehead atoms. The van der Waals surface area contributed by atoms with E-state index in [1.54, 1.807) is 0 Å². The molecule has 118 valence electrons. The largest absolute Gasteiger partial charge is 0.476 e. The zero-order valence-electron chi connectivity index (χ0n) is 11.2. The molecule has 3 N–H and O–H groups in total. The Bertz CT molecular complexity index is 765. The fourth-order valence-corrected chi connectivity index (χ4v) is 5.53. The molecule has 1 aliphatic rings. The fraction of sp³-hybridized carbons (Fsp3) is 0.600. The van der Waals surface area contributed by atoms with Crippen LogP contribution in [0.25, 0.3) is 0 Å². The summed E-state index contributed by atoms with van der Waals surface area (Å²) in [5.41, 5.74) is -0.538. The van der Waals surface area contributed by atoms with E-state index in [9.17, 15) is 21.6 Å². The summed E-state index contributed by atoms with van der Waals surface area (Å²) in [5.74, 6) is -1.43. The van der Waals surface area contributed by atoms with Crippen molar-refractivity contribution in [1.82, 2.24) is 14.9 Å². The first-order chi connectivity index (χ1) is 9.65. The monoisotopic (exact) mass is 337 g/mol. The molecule has 0 aliphatic carbocycles. The highest BCUT2D eigenvalue weighted by atomic mass is 32.2. The lowest BCUT2D eigenvalue weighted by molar-refractivity contribution is 0.0686. The van der Waals surface area contributed by atoms with Gasteiger partial charge in [-0.15, -0.1) is 0 Å². The summed E-state index contributed by atoms with van der Waals surface area (Å²) in [6.45, 7) is 1.11. The van der Waals surface area contributed by atoms with Gasteiger partial charge in [0.15, 0.2) is 15.5 Å². The van der Waals surface area contributed by atoms with Crippen LogP contribution in [0.2, 0.25) is 0 Å². The average molecular weight is 337 g/mol. The molecular formula is C10H15N3O6S2. The molecule has 1 aliphatic heterocycles. The Kier molecular flexibility index (Phi) is 4.08. The summed E-state index contributed by atoms with van der Waals surface area (Å²) >= 11 is 0. The van der Waals surface area contributed by atoms with E-state index in [-0.39, 0.29) is 18.0 Å². The molecule has 0 amide bonds. The lowest BCUT2D eigenvalue weighted by Crippen LogP contribution is -2.35. The molecule has 1 fully saturated rings. The Morgan fingerprint density at radius 2 is 2.19 bits per heavy atom. The summed E-state index contributed by atoms with van der Waals surface area (Å²) in [6, 6.07) is 0. The third kappa shape index (κ3) is 3.09. The topological polar surface area (TPSA) is 146 Å². The second-order valence-electron chi connectivity index (χ2n) is 4.81. The minimum absolute atomic E-state index is 0.0461. The molecule has 2 rings (SSSR count). The van der Waals surface area contributed by atoms with E-state index in [0.717, 1.165) is 0 Å². The lowest BCUT2D eigenvalue weighted by Gasteiger charge is -2.11. The smallest absolute Gasteiger partial charge is 0.357 e. The van der Waals surface area contributed by atoms with Gasteiger partial charge in [-0.1, -0.05) is 0 Å². The first-order valence-corrected chi connectivity index (χ1v) is 9.34. The number of aromatic amines is 1. The van der Waals surface area contributed by atoms with Crippen molar-refractivity contribution in [3.8, 4) is 0 Å². The van der Waals surface area contributed by atoms with Crippen molar-refractivity contribution in [2.24, 2.45) is 0 Å². The first-order valence-electron chi connectivity index (χ1n) is 6.14. The summed E-state index contributed by atoms with van der Waals surface area (Å²) in [4.78, 5) is 10.5. The summed E-state index contributed by atoms with van der Waals surface area (Å²) in [6.07, 6.45) is 0.890. The molecule has 11 heteroatoms. The maximum absolute atomic E-state index is 12.2. The lowest BCUT2D eigenvalue weighted by atomic mass is 10.2. The van der Waals surface area contributed by atoms with Crippen LogP contribution in [-0.2, 0) is 19.9 Å². The van der Waals surface area contributed by atoms with Crippen LogP contribution < -0.4 is 4.72 Å². The van der Waals surface area contributed by atoms with E-state index in [0.29, 0.717) is 12.8 Å². The Morgan fingerprint density at radius 1 is 1.52 bits per heavy atom. The van der Waals surface area contributed by atoms with Crippen LogP contribution in [0.4, 0.5) is 0 Å². The standard InChI is InChI=1S/C10H15N3O6S2/c1-6-9(8(10(14)15)13-12-6)21(18,19)11-5-7-3-2-4-20(7,16)17/h7,11H,2-5H2,1H3,(H,12,13)(H,14,15). The Morgan fingerprint density at radius 3 is 2.71 bits per heavy atom. The third-order valence-electron chi connectivity index (χ3n) is 3.33. The highest BCUT2D eigenvalue weighted by molar-refractivity contribution is 7.92. The SMILES string of the molecule is Cc1[nH]nc(C(=O)O)c1S(=O)(=O)NCC1CCCS1(=O)=O. The molecule has 0 radical (unpaired) electrons. The molecular weight excluding hydrogens is 322 g/mol. The molecule has 1 aromatic rings. The van der Waals surface area contributed by atoms with Crippen LogP contribution in [0.1, 0.15) is 29.0 Å². The van der Waals surface area contributed by atoms with Gasteiger partial charge >= 0.3 is 5.97 Å². The number of nitrogens with zero attached hydrogens (tertiary/aromatic N) is 1. The van der Waals surface area contributed by atoms with E-state index in [2.05, 4.69) is 14.9 Å². The number of rotatable bonds is 5. The van der Waals surface area contributed by atoms with Crippen LogP contribution in [0.3, 0.4) is 0 Å². The van der Waals surface area contributed by atoms with Gasteiger partial charge in [-0.25, -0.2) is 26.4 Å². The molecule has 21 heavy (non-hydrogen) atoms. The van der Waals surface area contributed by atoms with Crippen LogP contribution in [-0.4, -0.2) is 55.7 Å². The molecule has 1 atom stereocenters. The quantitative estimate of drug-likeness (QED) is 0.642. The second-order valence-corrected chi connectivity index (χ2v) is 8.92. The van der Waals surface area contributed by atoms with Gasteiger partial charge in [-0.3, -0.25) is 5.10 Å². The maximum atomic E-state index is 12.2. The van der Waals surface area contributed by atoms with Gasteiger partial charge in [0.2, 0.25) is 10.0 Å². The van der Waals surface area contributed by atoms with Gasteiger partial charge in [-0.05, 0) is 19.8 Å². The number of sulfone groups is 1. The second kappa shape index (κ2) is 5.39. The molecule has 0 spiro atoms. The number of aryl methyl sites for hydroxylation is 1. The molecule has 0 aromatic carbocycles. The van der Waals surface area contributed by atoms with Crippen molar-refractivity contribution in [1.29, 1.82) is 0 Å². The van der Waals surface area contributed by atoms with Crippen molar-refractivity contribution >= 4 is 25.8 Å². The van der Waals surface area contributed by atoms with Gasteiger partial charge in [0.25, 0.3) is 0 Å². The number of carboxylic acid groups (broad SMARTS) is 1. The molecule has 9 nitrogen and oxygen atoms in total. The number of carbonyl (C=O) groups is 1. The van der Waals surface area contributed by atoms with Crippen LogP contribution >= 0.6 is 0 Å². The average Bonchev–Trinajstić information content (AvgIpc) is 2.90. The molecule has 1 unspecified atom stereocenters. The van der Waals surface area contributed by atoms with Crippen molar-refractivity contribution < 1.29 is 26.7 Å². The van der Waals surface area contributed by atoms with Gasteiger partial charge in [0.05, 0.1) is 16.7 Å². The minimum Gasteiger partial charge on any atom is -0.476 e. The summed E-state index contributed by atoms with van der Waals surface area (Å²) in [5, 5.41) is 13.9. The maximum Gasteiger partial charge on any atom is 0.357 e. The fourth-order valence-electron chi connectivity index (χ4n) is 2.25. The number of sulfonamides is 1. The van der Waals surface area contributed by atoms with E-state index in [4.69, 9.17) is 5.11 Å². The van der Waals surface area contributed by atoms with Gasteiger partial charge in [-0.2, -0.15) is 5.10 Å². The minimum atomic E-state index is -4.15. The molecule has 2 heterocycles. The van der Waals surface area contributed by atoms with E-state index in [1.807, 2.05) is 0 Å². The zero-order chi connectivity index (χ0) is 15.8. The number of carboxylic acids is 1. The molecule has 1 saturated heterocycles. The summed E-state index contributed by atoms with van der Waals surface area (Å²) in [7, 11) is -7.43. The predicted molar refractivity (Wildman–Crippen MR) is 72.3 cm³/mol. The number of aromatic nitrogens is 2. The first kappa shape index (κ1) is 15.9. The van der Waals surface area contributed by atoms with E-state index >= 15 is 0 Å². The van der Waals surface area contributed by atoms with Gasteiger partial charge in [0.1, 0.15) is 4.90 Å². The number of nitrogens with one attached hydrogen (secondary N) is 2. The van der Waals surface area contributed by atoms with Crippen molar-refractivity contribution in [2.75, 3.05) is 12.3 Å². The van der Waals surface area contributed by atoms with Crippen LogP contribution in [0, 0.1) is 6.92 Å². The molecule has 0 saturated carbocycles. The van der Waals surface area contributed by atoms with Crippen molar-refractivity contribution in [3.05, 3.63) is 11.4 Å².